The van der Waals surface area contributed by atoms with Crippen LogP contribution in [0.2, 0.25) is 15.1 Å². The van der Waals surface area contributed by atoms with Gasteiger partial charge >= 0.3 is 5.97 Å². The van der Waals surface area contributed by atoms with E-state index < -0.39 is 24.4 Å². The summed E-state index contributed by atoms with van der Waals surface area (Å²) in [6, 6.07) is 9.86. The number of halogens is 3. The average Bonchev–Trinajstić information content (AvgIpc) is 2.65. The molecule has 148 valence electrons. The van der Waals surface area contributed by atoms with Crippen LogP contribution in [-0.4, -0.2) is 24.4 Å². The Bertz CT molecular complexity index is 903. The molecule has 0 saturated carbocycles. The third-order valence-corrected chi connectivity index (χ3v) is 4.83. The highest BCUT2D eigenvalue weighted by Gasteiger charge is 2.13. The smallest absolute Gasteiger partial charge is 0.306 e. The lowest BCUT2D eigenvalue weighted by Crippen LogP contribution is -2.21. The van der Waals surface area contributed by atoms with Gasteiger partial charge in [-0.3, -0.25) is 14.4 Å². The molecule has 2 rings (SSSR count). The molecule has 0 heterocycles. The molecular weight excluding hydrogens is 427 g/mol. The summed E-state index contributed by atoms with van der Waals surface area (Å²) in [6.45, 7) is 1.37. The van der Waals surface area contributed by atoms with Gasteiger partial charge in [0.25, 0.3) is 5.91 Å². The second kappa shape index (κ2) is 10.3. The minimum Gasteiger partial charge on any atom is -0.456 e. The van der Waals surface area contributed by atoms with E-state index in [0.717, 1.165) is 5.56 Å². The Morgan fingerprint density at radius 3 is 2.39 bits per heavy atom. The van der Waals surface area contributed by atoms with Gasteiger partial charge in [0.1, 0.15) is 0 Å². The summed E-state index contributed by atoms with van der Waals surface area (Å²) in [6.07, 6.45) is -0.315. The van der Waals surface area contributed by atoms with Crippen LogP contribution in [-0.2, 0) is 19.1 Å². The number of nitrogens with one attached hydrogen (secondary N) is 2. The molecule has 0 aliphatic carbocycles. The summed E-state index contributed by atoms with van der Waals surface area (Å²) >= 11 is 17.8. The van der Waals surface area contributed by atoms with Crippen LogP contribution in [0.5, 0.6) is 0 Å². The summed E-state index contributed by atoms with van der Waals surface area (Å²) in [5.41, 5.74) is 1.72. The summed E-state index contributed by atoms with van der Waals surface area (Å²) in [5, 5.41) is 6.16. The molecule has 0 aliphatic heterocycles. The molecule has 2 amide bonds. The van der Waals surface area contributed by atoms with Crippen molar-refractivity contribution < 1.29 is 19.1 Å². The van der Waals surface area contributed by atoms with Gasteiger partial charge in [-0.05, 0) is 36.8 Å². The lowest BCUT2D eigenvalue weighted by Gasteiger charge is -2.09. The molecule has 28 heavy (non-hydrogen) atoms. The molecule has 2 N–H and O–H groups in total. The maximum Gasteiger partial charge on any atom is 0.306 e. The lowest BCUT2D eigenvalue weighted by molar-refractivity contribution is -0.147. The molecule has 0 spiro atoms. The number of hydrogen-bond acceptors (Lipinski definition) is 4. The van der Waals surface area contributed by atoms with Gasteiger partial charge in [-0.2, -0.15) is 0 Å². The van der Waals surface area contributed by atoms with Gasteiger partial charge in [0, 0.05) is 17.1 Å². The molecule has 0 radical (unpaired) electrons. The maximum absolute atomic E-state index is 11.9. The van der Waals surface area contributed by atoms with Gasteiger partial charge in [-0.1, -0.05) is 46.9 Å². The fourth-order valence-corrected chi connectivity index (χ4v) is 2.64. The van der Waals surface area contributed by atoms with Crippen molar-refractivity contribution in [1.82, 2.24) is 0 Å². The highest BCUT2D eigenvalue weighted by molar-refractivity contribution is 6.44. The molecule has 0 bridgehead atoms. The van der Waals surface area contributed by atoms with Gasteiger partial charge in [-0.25, -0.2) is 0 Å². The number of carbonyl (C=O) groups excluding carboxylic acids is 3. The number of rotatable bonds is 7. The van der Waals surface area contributed by atoms with E-state index in [-0.39, 0.29) is 17.9 Å². The normalized spacial score (nSPS) is 10.3. The zero-order valence-corrected chi connectivity index (χ0v) is 17.1. The third-order valence-electron chi connectivity index (χ3n) is 3.60. The first-order chi connectivity index (χ1) is 13.3. The van der Waals surface area contributed by atoms with Crippen molar-refractivity contribution >= 4 is 64.0 Å². The Hall–Kier alpha value is -2.28. The van der Waals surface area contributed by atoms with E-state index in [1.54, 1.807) is 36.4 Å². The highest BCUT2D eigenvalue weighted by atomic mass is 35.5. The molecule has 2 aromatic rings. The second-order valence-corrected chi connectivity index (χ2v) is 7.01. The minimum absolute atomic E-state index is 0.128. The molecule has 0 aromatic heterocycles. The summed E-state index contributed by atoms with van der Waals surface area (Å²) in [7, 11) is 0. The first kappa shape index (κ1) is 22.0. The average molecular weight is 444 g/mol. The van der Waals surface area contributed by atoms with Crippen molar-refractivity contribution in [2.75, 3.05) is 17.2 Å². The van der Waals surface area contributed by atoms with Crippen molar-refractivity contribution in [3.05, 3.63) is 57.0 Å². The Morgan fingerprint density at radius 1 is 0.929 bits per heavy atom. The van der Waals surface area contributed by atoms with Gasteiger partial charge in [0.05, 0.1) is 22.2 Å². The topological polar surface area (TPSA) is 84.5 Å². The van der Waals surface area contributed by atoms with Crippen molar-refractivity contribution in [3.8, 4) is 0 Å². The molecule has 2 aromatic carbocycles. The third kappa shape index (κ3) is 6.71. The largest absolute Gasteiger partial charge is 0.456 e. The lowest BCUT2D eigenvalue weighted by atomic mass is 10.2. The van der Waals surface area contributed by atoms with Crippen LogP contribution in [0.15, 0.2) is 36.4 Å². The standard InChI is InChI=1S/C19H17Cl3N2O4/c1-11-5-6-12(9-14(11)21)23-17(26)10-28-18(27)8-7-16(25)24-15-4-2-3-13(20)19(15)22/h2-6,9H,7-8,10H2,1H3,(H,23,26)(H,24,25). The highest BCUT2D eigenvalue weighted by Crippen LogP contribution is 2.29. The van der Waals surface area contributed by atoms with Crippen LogP contribution in [0.25, 0.3) is 0 Å². The zero-order valence-electron chi connectivity index (χ0n) is 14.9. The molecule has 6 nitrogen and oxygen atoms in total. The van der Waals surface area contributed by atoms with Crippen LogP contribution in [0.3, 0.4) is 0 Å². The summed E-state index contributed by atoms with van der Waals surface area (Å²) in [4.78, 5) is 35.5. The van der Waals surface area contributed by atoms with Gasteiger partial charge in [0.15, 0.2) is 6.61 Å². The van der Waals surface area contributed by atoms with E-state index in [1.165, 1.54) is 0 Å². The second-order valence-electron chi connectivity index (χ2n) is 5.82. The van der Waals surface area contributed by atoms with E-state index in [2.05, 4.69) is 10.6 Å². The molecule has 0 aliphatic rings. The molecule has 0 saturated heterocycles. The maximum atomic E-state index is 11.9. The Balaban J connectivity index is 1.73. The zero-order chi connectivity index (χ0) is 20.7. The first-order valence-electron chi connectivity index (χ1n) is 8.21. The molecule has 0 atom stereocenters. The summed E-state index contributed by atoms with van der Waals surface area (Å²) < 4.78 is 4.86. The van der Waals surface area contributed by atoms with Gasteiger partial charge < -0.3 is 15.4 Å². The van der Waals surface area contributed by atoms with E-state index in [9.17, 15) is 14.4 Å². The molecule has 0 fully saturated rings. The minimum atomic E-state index is -0.676. The SMILES string of the molecule is Cc1ccc(NC(=O)COC(=O)CCC(=O)Nc2cccc(Cl)c2Cl)cc1Cl. The van der Waals surface area contributed by atoms with E-state index in [1.807, 2.05) is 6.92 Å². The van der Waals surface area contributed by atoms with E-state index in [0.29, 0.717) is 21.4 Å². The fourth-order valence-electron chi connectivity index (χ4n) is 2.11. The van der Waals surface area contributed by atoms with Crippen molar-refractivity contribution in [1.29, 1.82) is 0 Å². The van der Waals surface area contributed by atoms with Crippen LogP contribution in [0.1, 0.15) is 18.4 Å². The van der Waals surface area contributed by atoms with Gasteiger partial charge in [0.2, 0.25) is 5.91 Å². The number of esters is 1. The predicted octanol–water partition coefficient (Wildman–Crippen LogP) is 4.86. The fraction of sp³-hybridized carbons (Fsp3) is 0.211. The van der Waals surface area contributed by atoms with Gasteiger partial charge in [-0.15, -0.1) is 0 Å². The Labute approximate surface area is 177 Å². The Morgan fingerprint density at radius 2 is 1.68 bits per heavy atom. The van der Waals surface area contributed by atoms with Crippen LogP contribution in [0.4, 0.5) is 11.4 Å². The van der Waals surface area contributed by atoms with Crippen molar-refractivity contribution in [3.63, 3.8) is 0 Å². The molecular formula is C19H17Cl3N2O4. The summed E-state index contributed by atoms with van der Waals surface area (Å²) in [5.74, 6) is -1.62. The molecule has 0 unspecified atom stereocenters. The van der Waals surface area contributed by atoms with Crippen molar-refractivity contribution in [2.24, 2.45) is 0 Å². The van der Waals surface area contributed by atoms with E-state index in [4.69, 9.17) is 39.5 Å². The number of anilines is 2. The number of aryl methyl sites for hydroxylation is 1. The van der Waals surface area contributed by atoms with Crippen LogP contribution in [0, 0.1) is 6.92 Å². The number of carbonyl (C=O) groups is 3. The number of amides is 2. The number of hydrogen-bond donors (Lipinski definition) is 2. The number of ether oxygens (including phenoxy) is 1. The van der Waals surface area contributed by atoms with Crippen molar-refractivity contribution in [2.45, 2.75) is 19.8 Å². The van der Waals surface area contributed by atoms with E-state index >= 15 is 0 Å². The Kier molecular flexibility index (Phi) is 8.11. The monoisotopic (exact) mass is 442 g/mol. The number of benzene rings is 2. The van der Waals surface area contributed by atoms with Crippen LogP contribution >= 0.6 is 34.8 Å². The first-order valence-corrected chi connectivity index (χ1v) is 9.35. The van der Waals surface area contributed by atoms with Crippen LogP contribution < -0.4 is 10.6 Å². The quantitative estimate of drug-likeness (QED) is 0.599. The molecule has 9 heteroatoms. The predicted molar refractivity (Wildman–Crippen MR) is 110 cm³/mol.